The predicted octanol–water partition coefficient (Wildman–Crippen LogP) is 5.75. The Morgan fingerprint density at radius 1 is 1.04 bits per heavy atom. The molecule has 0 N–H and O–H groups in total. The van der Waals surface area contributed by atoms with Gasteiger partial charge >= 0.3 is 0 Å². The van der Waals surface area contributed by atoms with Crippen LogP contribution in [0.2, 0.25) is 0 Å². The SMILES string of the molecule is Cc1ccccc1SCc1ccc(N=C([O-])CC(C)CC(C)C)cc1. The van der Waals surface area contributed by atoms with Crippen molar-refractivity contribution in [1.82, 2.24) is 0 Å². The first kappa shape index (κ1) is 19.6. The second kappa shape index (κ2) is 9.67. The van der Waals surface area contributed by atoms with Crippen LogP contribution in [0.1, 0.15) is 44.7 Å². The maximum Gasteiger partial charge on any atom is 0.0618 e. The third-order valence-electron chi connectivity index (χ3n) is 4.07. The molecule has 0 saturated carbocycles. The lowest BCUT2D eigenvalue weighted by Gasteiger charge is -2.18. The molecule has 134 valence electrons. The van der Waals surface area contributed by atoms with E-state index in [9.17, 15) is 5.11 Å². The van der Waals surface area contributed by atoms with Gasteiger partial charge in [0.2, 0.25) is 0 Å². The second-order valence-corrected chi connectivity index (χ2v) is 8.18. The van der Waals surface area contributed by atoms with Crippen LogP contribution in [-0.2, 0) is 5.75 Å². The summed E-state index contributed by atoms with van der Waals surface area (Å²) in [6.45, 7) is 8.63. The van der Waals surface area contributed by atoms with E-state index in [1.807, 2.05) is 23.9 Å². The van der Waals surface area contributed by atoms with Gasteiger partial charge in [-0.05, 0) is 66.8 Å². The van der Waals surface area contributed by atoms with Crippen LogP contribution in [-0.4, -0.2) is 5.90 Å². The molecule has 0 spiro atoms. The zero-order chi connectivity index (χ0) is 18.2. The molecule has 0 saturated heterocycles. The first-order valence-corrected chi connectivity index (χ1v) is 9.94. The van der Waals surface area contributed by atoms with Gasteiger partial charge in [-0.1, -0.05) is 51.1 Å². The summed E-state index contributed by atoms with van der Waals surface area (Å²) in [5, 5.41) is 12.1. The third kappa shape index (κ3) is 6.95. The topological polar surface area (TPSA) is 35.4 Å². The average Bonchev–Trinajstić information content (AvgIpc) is 2.54. The van der Waals surface area contributed by atoms with Gasteiger partial charge in [0, 0.05) is 10.6 Å². The first-order chi connectivity index (χ1) is 11.9. The predicted molar refractivity (Wildman–Crippen MR) is 108 cm³/mol. The third-order valence-corrected chi connectivity index (χ3v) is 5.32. The molecule has 2 aromatic rings. The fourth-order valence-electron chi connectivity index (χ4n) is 2.92. The summed E-state index contributed by atoms with van der Waals surface area (Å²) in [7, 11) is 0. The fourth-order valence-corrected chi connectivity index (χ4v) is 3.91. The van der Waals surface area contributed by atoms with Crippen LogP contribution in [0.4, 0.5) is 5.69 Å². The van der Waals surface area contributed by atoms with E-state index in [1.165, 1.54) is 16.0 Å². The molecule has 0 amide bonds. The van der Waals surface area contributed by atoms with Gasteiger partial charge in [-0.15, -0.1) is 11.8 Å². The van der Waals surface area contributed by atoms with E-state index in [0.29, 0.717) is 18.3 Å². The maximum absolute atomic E-state index is 12.1. The number of aryl methyl sites for hydroxylation is 1. The Bertz CT molecular complexity index is 691. The molecular formula is C22H28NOS-. The van der Waals surface area contributed by atoms with Crippen molar-refractivity contribution in [3.8, 4) is 0 Å². The molecule has 0 bridgehead atoms. The minimum atomic E-state index is -0.0183. The van der Waals surface area contributed by atoms with Gasteiger partial charge in [0.25, 0.3) is 0 Å². The lowest BCUT2D eigenvalue weighted by atomic mass is 9.96. The Hall–Kier alpha value is -1.74. The van der Waals surface area contributed by atoms with E-state index in [1.54, 1.807) is 0 Å². The average molecular weight is 355 g/mol. The fraction of sp³-hybridized carbons (Fsp3) is 0.409. The Labute approximate surface area is 156 Å². The quantitative estimate of drug-likeness (QED) is 0.344. The zero-order valence-corrected chi connectivity index (χ0v) is 16.5. The van der Waals surface area contributed by atoms with Gasteiger partial charge in [0.1, 0.15) is 0 Å². The molecule has 2 rings (SSSR count). The smallest absolute Gasteiger partial charge is 0.0618 e. The number of nitrogens with zero attached hydrogens (tertiary/aromatic N) is 1. The van der Waals surface area contributed by atoms with Gasteiger partial charge in [0.15, 0.2) is 0 Å². The van der Waals surface area contributed by atoms with Gasteiger partial charge in [-0.25, -0.2) is 0 Å². The lowest BCUT2D eigenvalue weighted by molar-refractivity contribution is -0.219. The Morgan fingerprint density at radius 3 is 2.36 bits per heavy atom. The molecule has 1 unspecified atom stereocenters. The number of thioether (sulfide) groups is 1. The number of hydrogen-bond donors (Lipinski definition) is 0. The molecule has 3 heteroatoms. The molecule has 2 nitrogen and oxygen atoms in total. The molecule has 1 atom stereocenters. The van der Waals surface area contributed by atoms with Crippen LogP contribution in [0.3, 0.4) is 0 Å². The summed E-state index contributed by atoms with van der Waals surface area (Å²) < 4.78 is 0. The highest BCUT2D eigenvalue weighted by Gasteiger charge is 2.05. The minimum Gasteiger partial charge on any atom is -0.862 e. The van der Waals surface area contributed by atoms with Gasteiger partial charge in [-0.2, -0.15) is 0 Å². The van der Waals surface area contributed by atoms with Crippen LogP contribution < -0.4 is 5.11 Å². The van der Waals surface area contributed by atoms with Crippen LogP contribution in [0, 0.1) is 18.8 Å². The van der Waals surface area contributed by atoms with Crippen LogP contribution >= 0.6 is 11.8 Å². The van der Waals surface area contributed by atoms with Crippen LogP contribution in [0.25, 0.3) is 0 Å². The normalized spacial score (nSPS) is 13.2. The molecule has 0 aliphatic carbocycles. The van der Waals surface area contributed by atoms with E-state index in [-0.39, 0.29) is 5.90 Å². The van der Waals surface area contributed by atoms with Gasteiger partial charge < -0.3 is 5.11 Å². The molecule has 0 fully saturated rings. The highest BCUT2D eigenvalue weighted by molar-refractivity contribution is 7.98. The summed E-state index contributed by atoms with van der Waals surface area (Å²) >= 11 is 1.84. The summed E-state index contributed by atoms with van der Waals surface area (Å²) in [6, 6.07) is 16.4. The number of hydrogen-bond acceptors (Lipinski definition) is 3. The molecule has 0 heterocycles. The summed E-state index contributed by atoms with van der Waals surface area (Å²) in [5.41, 5.74) is 3.31. The van der Waals surface area contributed by atoms with E-state index < -0.39 is 0 Å². The zero-order valence-electron chi connectivity index (χ0n) is 15.7. The van der Waals surface area contributed by atoms with Crippen molar-refractivity contribution < 1.29 is 5.11 Å². The maximum atomic E-state index is 12.1. The first-order valence-electron chi connectivity index (χ1n) is 8.96. The van der Waals surface area contributed by atoms with E-state index in [4.69, 9.17) is 0 Å². The summed E-state index contributed by atoms with van der Waals surface area (Å²) in [4.78, 5) is 5.54. The van der Waals surface area contributed by atoms with Crippen LogP contribution in [0.5, 0.6) is 0 Å². The molecule has 25 heavy (non-hydrogen) atoms. The molecule has 0 aliphatic heterocycles. The molecule has 0 aromatic heterocycles. The van der Waals surface area contributed by atoms with E-state index in [0.717, 1.165) is 17.9 Å². The second-order valence-electron chi connectivity index (χ2n) is 7.17. The highest BCUT2D eigenvalue weighted by atomic mass is 32.2. The lowest BCUT2D eigenvalue weighted by Crippen LogP contribution is -2.20. The molecule has 2 aromatic carbocycles. The van der Waals surface area contributed by atoms with Gasteiger partial charge in [0.05, 0.1) is 5.69 Å². The monoisotopic (exact) mass is 354 g/mol. The summed E-state index contributed by atoms with van der Waals surface area (Å²) in [6.07, 6.45) is 1.60. The number of rotatable bonds is 8. The van der Waals surface area contributed by atoms with E-state index in [2.05, 4.69) is 69.1 Å². The number of benzene rings is 2. The van der Waals surface area contributed by atoms with Crippen molar-refractivity contribution in [3.05, 3.63) is 59.7 Å². The Kier molecular flexibility index (Phi) is 7.57. The largest absolute Gasteiger partial charge is 0.862 e. The minimum absolute atomic E-state index is 0.0183. The summed E-state index contributed by atoms with van der Waals surface area (Å²) in [5.74, 6) is 1.91. The Balaban J connectivity index is 1.90. The Morgan fingerprint density at radius 2 is 1.72 bits per heavy atom. The molecular weight excluding hydrogens is 326 g/mol. The molecule has 0 radical (unpaired) electrons. The highest BCUT2D eigenvalue weighted by Crippen LogP contribution is 2.26. The van der Waals surface area contributed by atoms with Crippen molar-refractivity contribution >= 4 is 23.3 Å². The number of aliphatic imine (C=N–C) groups is 1. The van der Waals surface area contributed by atoms with Crippen molar-refractivity contribution in [1.29, 1.82) is 0 Å². The van der Waals surface area contributed by atoms with E-state index >= 15 is 0 Å². The standard InChI is InChI=1S/C22H29NOS/c1-16(2)13-17(3)14-22(24)23-20-11-9-19(10-12-20)15-25-21-8-6-5-7-18(21)4/h5-12,16-17H,13-15H2,1-4H3,(H,23,24)/p-1. The van der Waals surface area contributed by atoms with Crippen molar-refractivity contribution in [2.75, 3.05) is 0 Å². The van der Waals surface area contributed by atoms with Crippen LogP contribution in [0.15, 0.2) is 58.4 Å². The van der Waals surface area contributed by atoms with Gasteiger partial charge in [-0.3, -0.25) is 4.99 Å². The van der Waals surface area contributed by atoms with Crippen molar-refractivity contribution in [2.24, 2.45) is 16.8 Å². The van der Waals surface area contributed by atoms with Crippen molar-refractivity contribution in [2.45, 2.75) is 51.2 Å². The molecule has 0 aliphatic rings. The van der Waals surface area contributed by atoms with Crippen molar-refractivity contribution in [3.63, 3.8) is 0 Å².